The summed E-state index contributed by atoms with van der Waals surface area (Å²) < 4.78 is 0. The quantitative estimate of drug-likeness (QED) is 0.885. The topological polar surface area (TPSA) is 59.2 Å². The smallest absolute Gasteiger partial charge is 0.223 e. The predicted molar refractivity (Wildman–Crippen MR) is 70.7 cm³/mol. The van der Waals surface area contributed by atoms with Crippen LogP contribution in [0.1, 0.15) is 38.3 Å². The Morgan fingerprint density at radius 1 is 1.44 bits per heavy atom. The third-order valence-corrected chi connectivity index (χ3v) is 3.36. The van der Waals surface area contributed by atoms with E-state index in [9.17, 15) is 4.79 Å². The highest BCUT2D eigenvalue weighted by atomic mass is 16.2. The van der Waals surface area contributed by atoms with Crippen molar-refractivity contribution >= 4 is 5.91 Å². The Labute approximate surface area is 108 Å². The minimum Gasteiger partial charge on any atom is -0.334 e. The molecule has 2 atom stereocenters. The highest BCUT2D eigenvalue weighted by molar-refractivity contribution is 5.78. The normalized spacial score (nSPS) is 24.7. The van der Waals surface area contributed by atoms with E-state index in [2.05, 4.69) is 18.8 Å². The van der Waals surface area contributed by atoms with Gasteiger partial charge in [0.2, 0.25) is 5.91 Å². The van der Waals surface area contributed by atoms with Crippen molar-refractivity contribution in [1.82, 2.24) is 9.88 Å². The molecule has 4 heteroatoms. The van der Waals surface area contributed by atoms with Crippen molar-refractivity contribution in [2.45, 2.75) is 38.8 Å². The van der Waals surface area contributed by atoms with Crippen LogP contribution in [0.25, 0.3) is 0 Å². The molecule has 1 aromatic heterocycles. The van der Waals surface area contributed by atoms with Crippen LogP contribution < -0.4 is 5.73 Å². The average Bonchev–Trinajstić information content (AvgIpc) is 2.35. The van der Waals surface area contributed by atoms with Gasteiger partial charge in [0, 0.05) is 31.4 Å². The fourth-order valence-electron chi connectivity index (χ4n) is 2.57. The van der Waals surface area contributed by atoms with E-state index < -0.39 is 0 Å². The van der Waals surface area contributed by atoms with Crippen molar-refractivity contribution in [2.75, 3.05) is 6.54 Å². The number of aromatic nitrogens is 1. The van der Waals surface area contributed by atoms with Crippen LogP contribution in [0.3, 0.4) is 0 Å². The van der Waals surface area contributed by atoms with Gasteiger partial charge in [-0.25, -0.2) is 0 Å². The van der Waals surface area contributed by atoms with E-state index in [1.165, 1.54) is 0 Å². The largest absolute Gasteiger partial charge is 0.334 e. The number of nitrogens with zero attached hydrogens (tertiary/aromatic N) is 2. The molecule has 2 unspecified atom stereocenters. The molecule has 2 heterocycles. The summed E-state index contributed by atoms with van der Waals surface area (Å²) >= 11 is 0. The average molecular weight is 247 g/mol. The van der Waals surface area contributed by atoms with Crippen LogP contribution in [0.4, 0.5) is 0 Å². The summed E-state index contributed by atoms with van der Waals surface area (Å²) in [6.07, 6.45) is 4.85. The second kappa shape index (κ2) is 5.48. The Kier molecular flexibility index (Phi) is 3.97. The second-order valence-corrected chi connectivity index (χ2v) is 5.37. The van der Waals surface area contributed by atoms with Gasteiger partial charge in [0.1, 0.15) is 0 Å². The first-order valence-corrected chi connectivity index (χ1v) is 6.54. The molecule has 4 nitrogen and oxygen atoms in total. The van der Waals surface area contributed by atoms with Crippen LogP contribution in [-0.4, -0.2) is 28.4 Å². The van der Waals surface area contributed by atoms with Crippen LogP contribution in [0.5, 0.6) is 0 Å². The molecule has 1 saturated heterocycles. The molecule has 2 rings (SSSR count). The van der Waals surface area contributed by atoms with Gasteiger partial charge in [0.15, 0.2) is 0 Å². The van der Waals surface area contributed by atoms with Gasteiger partial charge in [-0.2, -0.15) is 0 Å². The molecule has 1 aliphatic rings. The lowest BCUT2D eigenvalue weighted by atomic mass is 9.90. The maximum atomic E-state index is 12.1. The third kappa shape index (κ3) is 2.70. The molecule has 0 aromatic carbocycles. The molecule has 0 bridgehead atoms. The Morgan fingerprint density at radius 3 is 2.72 bits per heavy atom. The number of hydrogen-bond donors (Lipinski definition) is 1. The van der Waals surface area contributed by atoms with Crippen LogP contribution in [0.15, 0.2) is 24.5 Å². The summed E-state index contributed by atoms with van der Waals surface area (Å²) in [4.78, 5) is 18.1. The summed E-state index contributed by atoms with van der Waals surface area (Å²) in [7, 11) is 0. The lowest BCUT2D eigenvalue weighted by Gasteiger charge is -2.40. The maximum absolute atomic E-state index is 12.1. The van der Waals surface area contributed by atoms with Crippen molar-refractivity contribution in [3.8, 4) is 0 Å². The van der Waals surface area contributed by atoms with Crippen molar-refractivity contribution < 1.29 is 4.79 Å². The molecule has 2 N–H and O–H groups in total. The van der Waals surface area contributed by atoms with Crippen molar-refractivity contribution in [3.63, 3.8) is 0 Å². The minimum absolute atomic E-state index is 0.00310. The Balaban J connectivity index is 2.29. The van der Waals surface area contributed by atoms with Gasteiger partial charge < -0.3 is 10.6 Å². The van der Waals surface area contributed by atoms with Crippen LogP contribution >= 0.6 is 0 Å². The van der Waals surface area contributed by atoms with Gasteiger partial charge in [0.25, 0.3) is 0 Å². The molecule has 0 aliphatic carbocycles. The monoisotopic (exact) mass is 247 g/mol. The van der Waals surface area contributed by atoms with Gasteiger partial charge >= 0.3 is 0 Å². The van der Waals surface area contributed by atoms with Crippen LogP contribution in [0.2, 0.25) is 0 Å². The predicted octanol–water partition coefficient (Wildman–Crippen LogP) is 1.73. The van der Waals surface area contributed by atoms with Gasteiger partial charge in [-0.1, -0.05) is 13.8 Å². The zero-order valence-electron chi connectivity index (χ0n) is 11.0. The maximum Gasteiger partial charge on any atom is 0.223 e. The number of carbonyl (C=O) groups excluding carboxylic acids is 1. The highest BCUT2D eigenvalue weighted by Gasteiger charge is 2.34. The second-order valence-electron chi connectivity index (χ2n) is 5.37. The number of pyridine rings is 1. The highest BCUT2D eigenvalue weighted by Crippen LogP contribution is 2.31. The number of likely N-dealkylation sites (tertiary alicyclic amines) is 1. The summed E-state index contributed by atoms with van der Waals surface area (Å²) in [6, 6.07) is 3.92. The fourth-order valence-corrected chi connectivity index (χ4v) is 2.57. The molecule has 18 heavy (non-hydrogen) atoms. The summed E-state index contributed by atoms with van der Waals surface area (Å²) in [5.41, 5.74) is 7.31. The first kappa shape index (κ1) is 13.0. The lowest BCUT2D eigenvalue weighted by molar-refractivity contribution is -0.138. The molecule has 98 valence electrons. The van der Waals surface area contributed by atoms with E-state index >= 15 is 0 Å². The molecule has 0 spiro atoms. The van der Waals surface area contributed by atoms with E-state index in [1.807, 2.05) is 17.0 Å². The summed E-state index contributed by atoms with van der Waals surface area (Å²) in [6.45, 7) is 5.01. The number of nitrogens with two attached hydrogens (primary N) is 1. The summed E-state index contributed by atoms with van der Waals surface area (Å²) in [5.74, 6) is 0.663. The first-order valence-electron chi connectivity index (χ1n) is 6.54. The molecule has 0 saturated carbocycles. The van der Waals surface area contributed by atoms with Crippen LogP contribution in [0, 0.1) is 5.92 Å². The van der Waals surface area contributed by atoms with E-state index in [0.717, 1.165) is 18.5 Å². The first-order chi connectivity index (χ1) is 8.59. The zero-order chi connectivity index (χ0) is 13.1. The van der Waals surface area contributed by atoms with Crippen LogP contribution in [-0.2, 0) is 4.79 Å². The number of carbonyl (C=O) groups is 1. The molecule has 0 radical (unpaired) electrons. The molecular weight excluding hydrogens is 226 g/mol. The molecular formula is C14H21N3O. The van der Waals surface area contributed by atoms with Gasteiger partial charge in [-0.3, -0.25) is 9.78 Å². The minimum atomic E-state index is -0.00310. The number of piperidine rings is 1. The van der Waals surface area contributed by atoms with E-state index in [1.54, 1.807) is 12.4 Å². The number of rotatable bonds is 3. The third-order valence-electron chi connectivity index (χ3n) is 3.36. The lowest BCUT2D eigenvalue weighted by Crippen LogP contribution is -2.49. The van der Waals surface area contributed by atoms with Gasteiger partial charge in [-0.15, -0.1) is 0 Å². The van der Waals surface area contributed by atoms with E-state index in [4.69, 9.17) is 5.73 Å². The summed E-state index contributed by atoms with van der Waals surface area (Å²) in [5, 5.41) is 0. The van der Waals surface area contributed by atoms with Crippen molar-refractivity contribution in [3.05, 3.63) is 30.1 Å². The van der Waals surface area contributed by atoms with Crippen molar-refractivity contribution in [2.24, 2.45) is 11.7 Å². The van der Waals surface area contributed by atoms with Gasteiger partial charge in [0.05, 0.1) is 6.04 Å². The fraction of sp³-hybridized carbons (Fsp3) is 0.571. The SMILES string of the molecule is CC(C)CN1C(=O)CCC(N)C1c1ccncc1. The Morgan fingerprint density at radius 2 is 2.11 bits per heavy atom. The van der Waals surface area contributed by atoms with Gasteiger partial charge in [-0.05, 0) is 30.0 Å². The standard InChI is InChI=1S/C14H21N3O/c1-10(2)9-17-13(18)4-3-12(15)14(17)11-5-7-16-8-6-11/h5-8,10,12,14H,3-4,9,15H2,1-2H3. The molecule has 1 aliphatic heterocycles. The molecule has 1 amide bonds. The Hall–Kier alpha value is -1.42. The van der Waals surface area contributed by atoms with E-state index in [0.29, 0.717) is 12.3 Å². The zero-order valence-corrected chi connectivity index (χ0v) is 11.0. The van der Waals surface area contributed by atoms with E-state index in [-0.39, 0.29) is 18.0 Å². The Bertz CT molecular complexity index is 405. The molecule has 1 fully saturated rings. The number of amides is 1. The number of hydrogen-bond acceptors (Lipinski definition) is 3. The van der Waals surface area contributed by atoms with Crippen molar-refractivity contribution in [1.29, 1.82) is 0 Å². The molecule has 1 aromatic rings.